The molecule has 3 nitrogen and oxygen atoms in total. The quantitative estimate of drug-likeness (QED) is 0.701. The number of rotatable bonds is 1. The molecule has 3 heteroatoms. The highest BCUT2D eigenvalue weighted by Crippen LogP contribution is 2.37. The molecule has 2 unspecified atom stereocenters. The van der Waals surface area contributed by atoms with Crippen molar-refractivity contribution in [3.8, 4) is 0 Å². The van der Waals surface area contributed by atoms with E-state index in [9.17, 15) is 0 Å². The minimum absolute atomic E-state index is 0.723. The van der Waals surface area contributed by atoms with E-state index in [-0.39, 0.29) is 0 Å². The summed E-state index contributed by atoms with van der Waals surface area (Å²) in [6.07, 6.45) is 10.6. The van der Waals surface area contributed by atoms with Crippen molar-refractivity contribution >= 4 is 5.95 Å². The fourth-order valence-electron chi connectivity index (χ4n) is 3.09. The van der Waals surface area contributed by atoms with Crippen molar-refractivity contribution in [2.75, 3.05) is 11.4 Å². The molecule has 2 aliphatic rings. The zero-order chi connectivity index (χ0) is 10.1. The van der Waals surface area contributed by atoms with Crippen LogP contribution in [0.4, 0.5) is 5.95 Å². The lowest BCUT2D eigenvalue weighted by Gasteiger charge is -2.31. The van der Waals surface area contributed by atoms with Crippen LogP contribution in [0.5, 0.6) is 0 Å². The summed E-state index contributed by atoms with van der Waals surface area (Å²) < 4.78 is 0. The number of fused-ring (bicyclic) bond motifs is 1. The number of anilines is 1. The Morgan fingerprint density at radius 1 is 1.07 bits per heavy atom. The average Bonchev–Trinajstić information content (AvgIpc) is 2.74. The van der Waals surface area contributed by atoms with E-state index in [4.69, 9.17) is 0 Å². The van der Waals surface area contributed by atoms with Crippen molar-refractivity contribution in [2.45, 2.75) is 38.1 Å². The molecule has 2 atom stereocenters. The molecule has 1 aromatic heterocycles. The number of nitrogens with zero attached hydrogens (tertiary/aromatic N) is 3. The summed E-state index contributed by atoms with van der Waals surface area (Å²) in [5, 5.41) is 0. The van der Waals surface area contributed by atoms with E-state index in [1.54, 1.807) is 0 Å². The van der Waals surface area contributed by atoms with Crippen LogP contribution in [0, 0.1) is 5.92 Å². The lowest BCUT2D eigenvalue weighted by molar-refractivity contribution is 0.341. The minimum atomic E-state index is 0.723. The van der Waals surface area contributed by atoms with Crippen molar-refractivity contribution in [3.63, 3.8) is 0 Å². The van der Waals surface area contributed by atoms with Crippen LogP contribution in [-0.4, -0.2) is 22.6 Å². The Bertz CT molecular complexity index is 325. The van der Waals surface area contributed by atoms with Crippen LogP contribution in [0.15, 0.2) is 18.5 Å². The van der Waals surface area contributed by atoms with Gasteiger partial charge >= 0.3 is 0 Å². The number of hydrogen-bond donors (Lipinski definition) is 0. The molecule has 80 valence electrons. The van der Waals surface area contributed by atoms with Crippen LogP contribution in [0.3, 0.4) is 0 Å². The third-order valence-corrected chi connectivity index (χ3v) is 3.82. The van der Waals surface area contributed by atoms with Gasteiger partial charge in [-0.1, -0.05) is 12.8 Å². The highest BCUT2D eigenvalue weighted by Gasteiger charge is 2.36. The zero-order valence-electron chi connectivity index (χ0n) is 8.97. The summed E-state index contributed by atoms with van der Waals surface area (Å²) in [5.41, 5.74) is 0. The molecule has 0 radical (unpaired) electrons. The van der Waals surface area contributed by atoms with Crippen LogP contribution >= 0.6 is 0 Å². The van der Waals surface area contributed by atoms with Gasteiger partial charge in [0.25, 0.3) is 0 Å². The Labute approximate surface area is 90.5 Å². The molecule has 2 heterocycles. The first-order valence-electron chi connectivity index (χ1n) is 5.99. The SMILES string of the molecule is c1cnc(N2CCC3CCCCC32)nc1. The maximum Gasteiger partial charge on any atom is 0.225 e. The van der Waals surface area contributed by atoms with Crippen LogP contribution in [-0.2, 0) is 0 Å². The molecule has 1 saturated heterocycles. The number of hydrogen-bond acceptors (Lipinski definition) is 3. The molecule has 1 saturated carbocycles. The average molecular weight is 203 g/mol. The molecule has 0 bridgehead atoms. The maximum atomic E-state index is 4.37. The fraction of sp³-hybridized carbons (Fsp3) is 0.667. The zero-order valence-corrected chi connectivity index (χ0v) is 8.97. The summed E-state index contributed by atoms with van der Waals surface area (Å²) >= 11 is 0. The van der Waals surface area contributed by atoms with Crippen LogP contribution in [0.25, 0.3) is 0 Å². The van der Waals surface area contributed by atoms with E-state index >= 15 is 0 Å². The van der Waals surface area contributed by atoms with Crippen molar-refractivity contribution < 1.29 is 0 Å². The third kappa shape index (κ3) is 1.60. The molecule has 0 spiro atoms. The Hall–Kier alpha value is -1.12. The standard InChI is InChI=1S/C12H17N3/c1-2-5-11-10(4-1)6-9-15(11)12-13-7-3-8-14-12/h3,7-8,10-11H,1-2,4-6,9H2. The van der Waals surface area contributed by atoms with Gasteiger partial charge < -0.3 is 4.90 Å². The van der Waals surface area contributed by atoms with E-state index < -0.39 is 0 Å². The largest absolute Gasteiger partial charge is 0.338 e. The van der Waals surface area contributed by atoms with Gasteiger partial charge in [0.1, 0.15) is 0 Å². The van der Waals surface area contributed by atoms with Gasteiger partial charge in [0.05, 0.1) is 0 Å². The fourth-order valence-corrected chi connectivity index (χ4v) is 3.09. The summed E-state index contributed by atoms with van der Waals surface area (Å²) in [6, 6.07) is 2.61. The summed E-state index contributed by atoms with van der Waals surface area (Å²) in [5.74, 6) is 1.84. The topological polar surface area (TPSA) is 29.0 Å². The summed E-state index contributed by atoms with van der Waals surface area (Å²) in [7, 11) is 0. The van der Waals surface area contributed by atoms with E-state index in [1.165, 1.54) is 32.1 Å². The van der Waals surface area contributed by atoms with Crippen molar-refractivity contribution in [2.24, 2.45) is 5.92 Å². The maximum absolute atomic E-state index is 4.37. The molecule has 0 amide bonds. The first kappa shape index (κ1) is 9.13. The molecule has 1 aromatic rings. The smallest absolute Gasteiger partial charge is 0.225 e. The van der Waals surface area contributed by atoms with Gasteiger partial charge in [-0.05, 0) is 31.2 Å². The van der Waals surface area contributed by atoms with Crippen molar-refractivity contribution in [1.29, 1.82) is 0 Å². The lowest BCUT2D eigenvalue weighted by atomic mass is 9.85. The normalized spacial score (nSPS) is 30.3. The predicted octanol–water partition coefficient (Wildman–Crippen LogP) is 2.25. The van der Waals surface area contributed by atoms with E-state index in [0.717, 1.165) is 24.5 Å². The monoisotopic (exact) mass is 203 g/mol. The molecule has 0 N–H and O–H groups in total. The van der Waals surface area contributed by atoms with Crippen molar-refractivity contribution in [3.05, 3.63) is 18.5 Å². The van der Waals surface area contributed by atoms with E-state index in [2.05, 4.69) is 14.9 Å². The van der Waals surface area contributed by atoms with Crippen molar-refractivity contribution in [1.82, 2.24) is 9.97 Å². The van der Waals surface area contributed by atoms with Gasteiger partial charge in [-0.2, -0.15) is 0 Å². The van der Waals surface area contributed by atoms with Gasteiger partial charge in [0.15, 0.2) is 0 Å². The second kappa shape index (κ2) is 3.80. The Morgan fingerprint density at radius 3 is 2.73 bits per heavy atom. The highest BCUT2D eigenvalue weighted by atomic mass is 15.3. The summed E-state index contributed by atoms with van der Waals surface area (Å²) in [4.78, 5) is 11.2. The van der Waals surface area contributed by atoms with Gasteiger partial charge in [-0.3, -0.25) is 0 Å². The van der Waals surface area contributed by atoms with E-state index in [1.807, 2.05) is 18.5 Å². The number of aromatic nitrogens is 2. The Kier molecular flexibility index (Phi) is 2.31. The second-order valence-electron chi connectivity index (χ2n) is 4.64. The van der Waals surface area contributed by atoms with E-state index in [0.29, 0.717) is 0 Å². The highest BCUT2D eigenvalue weighted by molar-refractivity contribution is 5.33. The molecule has 3 rings (SSSR count). The van der Waals surface area contributed by atoms with Gasteiger partial charge in [0.2, 0.25) is 5.95 Å². The molecule has 15 heavy (non-hydrogen) atoms. The molecule has 1 aliphatic heterocycles. The first-order valence-corrected chi connectivity index (χ1v) is 5.99. The first-order chi connectivity index (χ1) is 7.45. The van der Waals surface area contributed by atoms with Crippen LogP contribution in [0.1, 0.15) is 32.1 Å². The second-order valence-corrected chi connectivity index (χ2v) is 4.64. The molecule has 2 fully saturated rings. The molecule has 0 aromatic carbocycles. The van der Waals surface area contributed by atoms with Crippen LogP contribution in [0.2, 0.25) is 0 Å². The van der Waals surface area contributed by atoms with Gasteiger partial charge in [-0.25, -0.2) is 9.97 Å². The Morgan fingerprint density at radius 2 is 1.87 bits per heavy atom. The van der Waals surface area contributed by atoms with Crippen LogP contribution < -0.4 is 4.90 Å². The Balaban J connectivity index is 1.82. The molecular weight excluding hydrogens is 186 g/mol. The van der Waals surface area contributed by atoms with Gasteiger partial charge in [-0.15, -0.1) is 0 Å². The van der Waals surface area contributed by atoms with Gasteiger partial charge in [0, 0.05) is 25.0 Å². The predicted molar refractivity (Wildman–Crippen MR) is 59.7 cm³/mol. The molecule has 1 aliphatic carbocycles. The summed E-state index contributed by atoms with van der Waals surface area (Å²) in [6.45, 7) is 1.15. The lowest BCUT2D eigenvalue weighted by Crippen LogP contribution is -2.35. The minimum Gasteiger partial charge on any atom is -0.338 e. The molecular formula is C12H17N3. The third-order valence-electron chi connectivity index (χ3n) is 3.82.